The number of carbonyl (C=O) groups is 1. The number of hydrogen-bond acceptors (Lipinski definition) is 7. The Morgan fingerprint density at radius 3 is 2.82 bits per heavy atom. The van der Waals surface area contributed by atoms with E-state index < -0.39 is 0 Å². The predicted molar refractivity (Wildman–Crippen MR) is 111 cm³/mol. The second kappa shape index (κ2) is 8.45. The third-order valence-corrected chi connectivity index (χ3v) is 5.38. The zero-order valence-corrected chi connectivity index (χ0v) is 16.4. The van der Waals surface area contributed by atoms with Crippen LogP contribution in [0.3, 0.4) is 0 Å². The minimum Gasteiger partial charge on any atom is -0.326 e. The fourth-order valence-electron chi connectivity index (χ4n) is 3.48. The molecule has 144 valence electrons. The molecule has 0 aliphatic carbocycles. The van der Waals surface area contributed by atoms with Gasteiger partial charge in [-0.15, -0.1) is 11.3 Å². The van der Waals surface area contributed by atoms with E-state index in [4.69, 9.17) is 4.98 Å². The van der Waals surface area contributed by atoms with Crippen LogP contribution in [0.1, 0.15) is 37.1 Å². The third kappa shape index (κ3) is 4.52. The Hall–Kier alpha value is -2.84. The minimum absolute atomic E-state index is 0.0571. The zero-order chi connectivity index (χ0) is 19.3. The maximum atomic E-state index is 11.2. The Balaban J connectivity index is 1.45. The van der Waals surface area contributed by atoms with Crippen LogP contribution < -0.4 is 10.6 Å². The molecule has 0 saturated carbocycles. The summed E-state index contributed by atoms with van der Waals surface area (Å²) in [7, 11) is 0. The van der Waals surface area contributed by atoms with Gasteiger partial charge >= 0.3 is 0 Å². The molecule has 0 spiro atoms. The van der Waals surface area contributed by atoms with Crippen molar-refractivity contribution in [2.45, 2.75) is 32.4 Å². The summed E-state index contributed by atoms with van der Waals surface area (Å²) >= 11 is 1.52. The molecular weight excluding hydrogens is 372 g/mol. The van der Waals surface area contributed by atoms with Crippen LogP contribution in [0.5, 0.6) is 0 Å². The average Bonchev–Trinajstić information content (AvgIpc) is 3.35. The molecule has 0 radical (unpaired) electrons. The molecule has 2 aromatic heterocycles. The van der Waals surface area contributed by atoms with Crippen molar-refractivity contribution in [2.24, 2.45) is 0 Å². The van der Waals surface area contributed by atoms with Gasteiger partial charge in [0.25, 0.3) is 0 Å². The molecule has 3 heterocycles. The van der Waals surface area contributed by atoms with Crippen molar-refractivity contribution >= 4 is 34.0 Å². The quantitative estimate of drug-likeness (QED) is 0.658. The smallest absolute Gasteiger partial charge is 0.229 e. The van der Waals surface area contributed by atoms with Crippen LogP contribution in [0.25, 0.3) is 0 Å². The SMILES string of the molecule is CC(=O)Nc1ccc(CN2CCCC2c2ccnc(Nc3nccs3)n2)cc1. The number of rotatable bonds is 6. The van der Waals surface area contributed by atoms with Crippen molar-refractivity contribution in [1.82, 2.24) is 19.9 Å². The molecule has 1 unspecified atom stereocenters. The summed E-state index contributed by atoms with van der Waals surface area (Å²) < 4.78 is 0. The van der Waals surface area contributed by atoms with Crippen molar-refractivity contribution in [1.29, 1.82) is 0 Å². The van der Waals surface area contributed by atoms with Crippen LogP contribution in [0.15, 0.2) is 48.1 Å². The molecule has 1 aliphatic heterocycles. The first-order valence-corrected chi connectivity index (χ1v) is 10.2. The van der Waals surface area contributed by atoms with Crippen LogP contribution in [0.2, 0.25) is 0 Å². The van der Waals surface area contributed by atoms with E-state index in [0.717, 1.165) is 42.4 Å². The summed E-state index contributed by atoms with van der Waals surface area (Å²) in [6.45, 7) is 3.41. The molecule has 1 atom stereocenters. The molecule has 1 aliphatic rings. The van der Waals surface area contributed by atoms with Crippen LogP contribution in [-0.2, 0) is 11.3 Å². The first-order valence-electron chi connectivity index (χ1n) is 9.27. The third-order valence-electron chi connectivity index (χ3n) is 4.69. The van der Waals surface area contributed by atoms with Crippen molar-refractivity contribution in [3.05, 3.63) is 59.4 Å². The summed E-state index contributed by atoms with van der Waals surface area (Å²) in [5, 5.41) is 8.68. The number of anilines is 3. The Labute approximate surface area is 167 Å². The van der Waals surface area contributed by atoms with E-state index in [1.54, 1.807) is 12.4 Å². The van der Waals surface area contributed by atoms with Gasteiger partial charge in [0.05, 0.1) is 11.7 Å². The number of nitrogens with zero attached hydrogens (tertiary/aromatic N) is 4. The van der Waals surface area contributed by atoms with Crippen LogP contribution in [0.4, 0.5) is 16.8 Å². The molecule has 2 N–H and O–H groups in total. The lowest BCUT2D eigenvalue weighted by Crippen LogP contribution is -2.23. The van der Waals surface area contributed by atoms with Gasteiger partial charge < -0.3 is 10.6 Å². The Kier molecular flexibility index (Phi) is 5.59. The van der Waals surface area contributed by atoms with Gasteiger partial charge in [0.2, 0.25) is 11.9 Å². The molecule has 4 rings (SSSR count). The molecule has 1 aromatic carbocycles. The first kappa shape index (κ1) is 18.5. The summed E-state index contributed by atoms with van der Waals surface area (Å²) in [6.07, 6.45) is 5.79. The van der Waals surface area contributed by atoms with Gasteiger partial charge in [-0.3, -0.25) is 9.69 Å². The molecule has 28 heavy (non-hydrogen) atoms. The number of aromatic nitrogens is 3. The van der Waals surface area contributed by atoms with Gasteiger partial charge in [0, 0.05) is 36.9 Å². The van der Waals surface area contributed by atoms with Crippen molar-refractivity contribution < 1.29 is 4.79 Å². The largest absolute Gasteiger partial charge is 0.326 e. The monoisotopic (exact) mass is 394 g/mol. The van der Waals surface area contributed by atoms with Crippen LogP contribution in [-0.4, -0.2) is 32.3 Å². The van der Waals surface area contributed by atoms with Crippen LogP contribution in [0, 0.1) is 0 Å². The van der Waals surface area contributed by atoms with E-state index in [1.807, 2.05) is 23.6 Å². The van der Waals surface area contributed by atoms with Crippen LogP contribution >= 0.6 is 11.3 Å². The Morgan fingerprint density at radius 2 is 2.07 bits per heavy atom. The molecule has 7 nitrogen and oxygen atoms in total. The standard InChI is InChI=1S/C20H22N6OS/c1-14(27)23-16-6-4-15(5-7-16)13-26-11-2-3-18(26)17-8-9-21-19(24-17)25-20-22-10-12-28-20/h4-10,12,18H,2-3,11,13H2,1H3,(H,23,27)(H,21,22,24,25). The van der Waals surface area contributed by atoms with Gasteiger partial charge in [-0.2, -0.15) is 0 Å². The lowest BCUT2D eigenvalue weighted by Gasteiger charge is -2.24. The van der Waals surface area contributed by atoms with Gasteiger partial charge in [-0.1, -0.05) is 12.1 Å². The first-order chi connectivity index (χ1) is 13.7. The highest BCUT2D eigenvalue weighted by molar-refractivity contribution is 7.13. The molecule has 1 amide bonds. The van der Waals surface area contributed by atoms with Gasteiger partial charge in [0.1, 0.15) is 0 Å². The normalized spacial score (nSPS) is 16.8. The predicted octanol–water partition coefficient (Wildman–Crippen LogP) is 3.97. The number of carbonyl (C=O) groups excluding carboxylic acids is 1. The number of hydrogen-bond donors (Lipinski definition) is 2. The second-order valence-corrected chi connectivity index (χ2v) is 7.67. The van der Waals surface area contributed by atoms with Gasteiger partial charge in [0.15, 0.2) is 5.13 Å². The Bertz CT molecular complexity index is 928. The minimum atomic E-state index is -0.0571. The highest BCUT2D eigenvalue weighted by atomic mass is 32.1. The second-order valence-electron chi connectivity index (χ2n) is 6.77. The summed E-state index contributed by atoms with van der Waals surface area (Å²) in [5.41, 5.74) is 3.07. The van der Waals surface area contributed by atoms with E-state index >= 15 is 0 Å². The van der Waals surface area contributed by atoms with E-state index in [1.165, 1.54) is 23.8 Å². The Morgan fingerprint density at radius 1 is 1.21 bits per heavy atom. The number of benzene rings is 1. The van der Waals surface area contributed by atoms with Gasteiger partial charge in [-0.25, -0.2) is 15.0 Å². The van der Waals surface area contributed by atoms with Crippen molar-refractivity contribution in [2.75, 3.05) is 17.2 Å². The molecule has 1 saturated heterocycles. The summed E-state index contributed by atoms with van der Waals surface area (Å²) in [5.74, 6) is 0.525. The highest BCUT2D eigenvalue weighted by Gasteiger charge is 2.27. The summed E-state index contributed by atoms with van der Waals surface area (Å²) in [4.78, 5) is 26.9. The fraction of sp³-hybridized carbons (Fsp3) is 0.300. The average molecular weight is 395 g/mol. The lowest BCUT2D eigenvalue weighted by molar-refractivity contribution is -0.114. The number of likely N-dealkylation sites (tertiary alicyclic amines) is 1. The van der Waals surface area contributed by atoms with Gasteiger partial charge in [-0.05, 0) is 43.1 Å². The number of amides is 1. The summed E-state index contributed by atoms with van der Waals surface area (Å²) in [6, 6.07) is 10.3. The number of thiazole rings is 1. The molecular formula is C20H22N6OS. The molecule has 0 bridgehead atoms. The van der Waals surface area contributed by atoms with E-state index in [0.29, 0.717) is 5.95 Å². The molecule has 8 heteroatoms. The van der Waals surface area contributed by atoms with E-state index in [9.17, 15) is 4.79 Å². The van der Waals surface area contributed by atoms with Crippen molar-refractivity contribution in [3.8, 4) is 0 Å². The maximum absolute atomic E-state index is 11.2. The van der Waals surface area contributed by atoms with Crippen molar-refractivity contribution in [3.63, 3.8) is 0 Å². The number of nitrogens with one attached hydrogen (secondary N) is 2. The zero-order valence-electron chi connectivity index (χ0n) is 15.6. The highest BCUT2D eigenvalue weighted by Crippen LogP contribution is 2.32. The fourth-order valence-corrected chi connectivity index (χ4v) is 4.00. The maximum Gasteiger partial charge on any atom is 0.229 e. The lowest BCUT2D eigenvalue weighted by atomic mass is 10.1. The molecule has 1 fully saturated rings. The molecule has 3 aromatic rings. The van der Waals surface area contributed by atoms with E-state index in [2.05, 4.69) is 37.6 Å². The topological polar surface area (TPSA) is 83.0 Å². The van der Waals surface area contributed by atoms with E-state index in [-0.39, 0.29) is 11.9 Å².